The van der Waals surface area contributed by atoms with Gasteiger partial charge in [-0.3, -0.25) is 20.5 Å². The third-order valence-corrected chi connectivity index (χ3v) is 5.49. The van der Waals surface area contributed by atoms with Crippen LogP contribution in [-0.4, -0.2) is 19.9 Å². The summed E-state index contributed by atoms with van der Waals surface area (Å²) in [5, 5.41) is 17.2. The molecule has 0 aliphatic rings. The molecule has 10 heteroatoms. The zero-order valence-electron chi connectivity index (χ0n) is 16.8. The van der Waals surface area contributed by atoms with Crippen molar-refractivity contribution in [1.29, 1.82) is 0 Å². The second kappa shape index (κ2) is 8.76. The van der Waals surface area contributed by atoms with Crippen molar-refractivity contribution in [3.63, 3.8) is 0 Å². The summed E-state index contributed by atoms with van der Waals surface area (Å²) in [6.45, 7) is 3.83. The largest absolute Gasteiger partial charge is 0.355 e. The zero-order chi connectivity index (χ0) is 21.8. The van der Waals surface area contributed by atoms with E-state index in [1.54, 1.807) is 5.01 Å². The first-order valence-corrected chi connectivity index (χ1v) is 10.2. The van der Waals surface area contributed by atoms with Gasteiger partial charge in [0.25, 0.3) is 0 Å². The fraction of sp³-hybridized carbons (Fsp3) is 0.0952. The molecule has 0 fully saturated rings. The Morgan fingerprint density at radius 2 is 1.52 bits per heavy atom. The van der Waals surface area contributed by atoms with E-state index in [4.69, 9.17) is 0 Å². The lowest BCUT2D eigenvalue weighted by molar-refractivity contribution is -0.383. The second-order valence-corrected chi connectivity index (χ2v) is 7.78. The van der Waals surface area contributed by atoms with Crippen LogP contribution in [0.1, 0.15) is 10.6 Å². The molecular formula is C21H19N7O2S. The number of anilines is 5. The molecule has 0 aliphatic heterocycles. The monoisotopic (exact) mass is 433 g/mol. The zero-order valence-corrected chi connectivity index (χ0v) is 17.6. The molecule has 2 aromatic heterocycles. The Morgan fingerprint density at radius 3 is 2.03 bits per heavy atom. The summed E-state index contributed by atoms with van der Waals surface area (Å²) in [6.07, 6.45) is 1.28. The molecular weight excluding hydrogens is 414 g/mol. The molecule has 31 heavy (non-hydrogen) atoms. The summed E-state index contributed by atoms with van der Waals surface area (Å²) in [4.78, 5) is 25.1. The van der Waals surface area contributed by atoms with E-state index in [9.17, 15) is 10.1 Å². The van der Waals surface area contributed by atoms with E-state index in [0.717, 1.165) is 21.9 Å². The van der Waals surface area contributed by atoms with E-state index in [-0.39, 0.29) is 17.3 Å². The molecule has 2 N–H and O–H groups in total. The van der Waals surface area contributed by atoms with Crippen molar-refractivity contribution in [2.75, 3.05) is 15.8 Å². The number of para-hydroxylation sites is 2. The predicted molar refractivity (Wildman–Crippen MR) is 122 cm³/mol. The maximum Gasteiger partial charge on any atom is 0.355 e. The third-order valence-electron chi connectivity index (χ3n) is 4.51. The van der Waals surface area contributed by atoms with E-state index >= 15 is 0 Å². The van der Waals surface area contributed by atoms with Crippen molar-refractivity contribution in [2.45, 2.75) is 13.8 Å². The van der Waals surface area contributed by atoms with Crippen molar-refractivity contribution in [3.8, 4) is 0 Å². The van der Waals surface area contributed by atoms with Crippen molar-refractivity contribution >= 4 is 45.2 Å². The van der Waals surface area contributed by atoms with Gasteiger partial charge < -0.3 is 5.32 Å². The van der Waals surface area contributed by atoms with Crippen molar-refractivity contribution in [2.24, 2.45) is 0 Å². The van der Waals surface area contributed by atoms with Crippen LogP contribution >= 0.6 is 11.3 Å². The molecule has 0 aliphatic carbocycles. The summed E-state index contributed by atoms with van der Waals surface area (Å²) in [5.41, 5.74) is 5.27. The van der Waals surface area contributed by atoms with Gasteiger partial charge in [-0.2, -0.15) is 0 Å². The maximum atomic E-state index is 12.0. The first-order valence-electron chi connectivity index (χ1n) is 9.40. The predicted octanol–water partition coefficient (Wildman–Crippen LogP) is 5.37. The minimum atomic E-state index is -0.508. The van der Waals surface area contributed by atoms with E-state index in [1.807, 2.05) is 74.5 Å². The Kier molecular flexibility index (Phi) is 5.72. The van der Waals surface area contributed by atoms with Crippen LogP contribution in [0.5, 0.6) is 0 Å². The topological polar surface area (TPSA) is 109 Å². The number of aromatic nitrogens is 3. The fourth-order valence-corrected chi connectivity index (χ4v) is 3.70. The molecule has 0 spiro atoms. The van der Waals surface area contributed by atoms with Crippen molar-refractivity contribution < 1.29 is 4.92 Å². The number of nitro groups is 1. The smallest absolute Gasteiger partial charge is 0.310 e. The minimum Gasteiger partial charge on any atom is -0.310 e. The van der Waals surface area contributed by atoms with Crippen LogP contribution in [-0.2, 0) is 0 Å². The summed E-state index contributed by atoms with van der Waals surface area (Å²) in [6, 6.07) is 19.0. The third kappa shape index (κ3) is 4.43. The molecule has 4 aromatic rings. The Balaban J connectivity index is 1.74. The van der Waals surface area contributed by atoms with Gasteiger partial charge in [0.05, 0.1) is 22.0 Å². The quantitative estimate of drug-likeness (QED) is 0.296. The molecule has 0 atom stereocenters. The highest BCUT2D eigenvalue weighted by Gasteiger charge is 2.26. The van der Waals surface area contributed by atoms with Gasteiger partial charge >= 0.3 is 5.69 Å². The SMILES string of the molecule is Cc1nc(Nc2ncnc(NN(c3ccccc3)c3ccccc3)c2[N+](=O)[O-])sc1C. The number of hydrogen-bond donors (Lipinski definition) is 2. The molecule has 0 radical (unpaired) electrons. The lowest BCUT2D eigenvalue weighted by Gasteiger charge is -2.25. The van der Waals surface area contributed by atoms with E-state index in [2.05, 4.69) is 25.7 Å². The van der Waals surface area contributed by atoms with Crippen LogP contribution in [0.3, 0.4) is 0 Å². The first-order chi connectivity index (χ1) is 15.0. The number of nitrogens with one attached hydrogen (secondary N) is 2. The molecule has 4 rings (SSSR count). The van der Waals surface area contributed by atoms with Gasteiger partial charge in [-0.1, -0.05) is 36.4 Å². The number of nitrogens with zero attached hydrogens (tertiary/aromatic N) is 5. The number of hydrogen-bond acceptors (Lipinski definition) is 9. The maximum absolute atomic E-state index is 12.0. The van der Waals surface area contributed by atoms with E-state index in [1.165, 1.54) is 17.7 Å². The normalized spacial score (nSPS) is 10.5. The Morgan fingerprint density at radius 1 is 0.935 bits per heavy atom. The minimum absolute atomic E-state index is 0.0557. The Labute approximate surface area is 182 Å². The molecule has 0 saturated carbocycles. The Bertz CT molecular complexity index is 1140. The van der Waals surface area contributed by atoms with Crippen LogP contribution in [0.25, 0.3) is 0 Å². The fourth-order valence-electron chi connectivity index (χ4n) is 2.89. The molecule has 9 nitrogen and oxygen atoms in total. The molecule has 2 aromatic carbocycles. The van der Waals surface area contributed by atoms with Crippen LogP contribution in [0.2, 0.25) is 0 Å². The molecule has 0 amide bonds. The Hall–Kier alpha value is -4.05. The molecule has 0 saturated heterocycles. The van der Waals surface area contributed by atoms with Gasteiger partial charge in [0.15, 0.2) is 5.13 Å². The van der Waals surface area contributed by atoms with E-state index < -0.39 is 4.92 Å². The van der Waals surface area contributed by atoms with Crippen LogP contribution in [0, 0.1) is 24.0 Å². The first kappa shape index (κ1) is 20.2. The van der Waals surface area contributed by atoms with Gasteiger partial charge in [-0.05, 0) is 38.1 Å². The lowest BCUT2D eigenvalue weighted by Crippen LogP contribution is -2.26. The number of aryl methyl sites for hydroxylation is 2. The van der Waals surface area contributed by atoms with E-state index in [0.29, 0.717) is 5.13 Å². The average molecular weight is 433 g/mol. The van der Waals surface area contributed by atoms with Gasteiger partial charge in [-0.25, -0.2) is 15.0 Å². The molecule has 0 bridgehead atoms. The second-order valence-electron chi connectivity index (χ2n) is 6.58. The highest BCUT2D eigenvalue weighted by molar-refractivity contribution is 7.15. The number of benzene rings is 2. The van der Waals surface area contributed by atoms with Crippen molar-refractivity contribution in [3.05, 3.63) is 87.7 Å². The van der Waals surface area contributed by atoms with Crippen LogP contribution < -0.4 is 15.8 Å². The van der Waals surface area contributed by atoms with Gasteiger partial charge in [-0.15, -0.1) is 11.3 Å². The highest BCUT2D eigenvalue weighted by atomic mass is 32.1. The summed E-state index contributed by atoms with van der Waals surface area (Å²) >= 11 is 1.41. The average Bonchev–Trinajstić information content (AvgIpc) is 3.09. The standard InChI is InChI=1S/C21H19N7O2S/c1-14-15(2)31-21(24-14)25-19-18(28(29)30)20(23-13-22-19)26-27(16-9-5-3-6-10-16)17-11-7-4-8-12-17/h3-13H,1-2H3,(H2,22,23,24,25,26). The number of hydrazine groups is 1. The highest BCUT2D eigenvalue weighted by Crippen LogP contribution is 2.35. The number of thiazole rings is 1. The van der Waals surface area contributed by atoms with Crippen LogP contribution in [0.15, 0.2) is 67.0 Å². The molecule has 2 heterocycles. The van der Waals surface area contributed by atoms with Gasteiger partial charge in [0.1, 0.15) is 6.33 Å². The molecule has 156 valence electrons. The number of rotatable bonds is 7. The summed E-state index contributed by atoms with van der Waals surface area (Å²) in [5.74, 6) is 0.123. The van der Waals surface area contributed by atoms with Gasteiger partial charge in [0, 0.05) is 4.88 Å². The van der Waals surface area contributed by atoms with Crippen molar-refractivity contribution in [1.82, 2.24) is 15.0 Å². The lowest BCUT2D eigenvalue weighted by atomic mass is 10.2. The van der Waals surface area contributed by atoms with Gasteiger partial charge in [0.2, 0.25) is 11.6 Å². The van der Waals surface area contributed by atoms with Crippen LogP contribution in [0.4, 0.5) is 33.8 Å². The molecule has 0 unspecified atom stereocenters. The summed E-state index contributed by atoms with van der Waals surface area (Å²) in [7, 11) is 0. The summed E-state index contributed by atoms with van der Waals surface area (Å²) < 4.78 is 0.